The molecule has 2 unspecified atom stereocenters. The highest BCUT2D eigenvalue weighted by molar-refractivity contribution is 6.40. The van der Waals surface area contributed by atoms with Crippen LogP contribution in [0.4, 0.5) is 0 Å². The molecular weight excluding hydrogens is 368 g/mol. The zero-order chi connectivity index (χ0) is 21.6. The Kier molecular flexibility index (Phi) is 7.96. The average molecular weight is 403 g/mol. The minimum absolute atomic E-state index is 0.0645. The first kappa shape index (κ1) is 23.1. The molecule has 1 aliphatic heterocycles. The molecule has 6 nitrogen and oxygen atoms in total. The Morgan fingerprint density at radius 3 is 2.24 bits per heavy atom. The Balaban J connectivity index is 1.86. The number of Topliss-reactive ketones (excluding diaryl/α,β-unsaturated/α-hetero) is 1. The summed E-state index contributed by atoms with van der Waals surface area (Å²) < 4.78 is 4.46. The molecule has 0 bridgehead atoms. The summed E-state index contributed by atoms with van der Waals surface area (Å²) in [6, 6.07) is 7.84. The number of nitrogens with zero attached hydrogens (tertiary/aromatic N) is 1. The molecule has 0 aromatic heterocycles. The molecule has 6 heteroatoms. The number of carbonyl (C=O) groups excluding carboxylic acids is 3. The van der Waals surface area contributed by atoms with E-state index in [9.17, 15) is 14.4 Å². The maximum atomic E-state index is 12.6. The molecule has 1 aromatic rings. The van der Waals surface area contributed by atoms with Gasteiger partial charge in [0.15, 0.2) is 0 Å². The van der Waals surface area contributed by atoms with Gasteiger partial charge in [-0.15, -0.1) is 0 Å². The average Bonchev–Trinajstić information content (AvgIpc) is 2.68. The third-order valence-electron chi connectivity index (χ3n) is 5.81. The number of nitrogens with one attached hydrogen (secondary N) is 1. The molecule has 1 aromatic carbocycles. The van der Waals surface area contributed by atoms with Crippen molar-refractivity contribution >= 4 is 17.7 Å². The predicted octanol–water partition coefficient (Wildman–Crippen LogP) is 3.13. The van der Waals surface area contributed by atoms with Gasteiger partial charge in [-0.05, 0) is 58.9 Å². The Morgan fingerprint density at radius 1 is 1.10 bits per heavy atom. The minimum atomic E-state index is -0.862. The van der Waals surface area contributed by atoms with E-state index in [0.717, 1.165) is 31.2 Å². The van der Waals surface area contributed by atoms with Crippen molar-refractivity contribution < 1.29 is 19.1 Å². The molecule has 2 rings (SSSR count). The van der Waals surface area contributed by atoms with Gasteiger partial charge in [0, 0.05) is 23.2 Å². The molecule has 0 radical (unpaired) electrons. The highest BCUT2D eigenvalue weighted by atomic mass is 16.5. The molecule has 1 amide bonds. The standard InChI is InChI=1S/C23H34N2O4/c1-16-7-6-8-17(2)25(16)15-20(26)24-23(3,4)14-13-18-9-11-19(12-10-18)21(27)22(28)29-5/h9-12,16-17H,6-8,13-15H2,1-5H3,(H,24,26). The lowest BCUT2D eigenvalue weighted by atomic mass is 9.94. The molecule has 1 aliphatic rings. The van der Waals surface area contributed by atoms with Gasteiger partial charge in [0.05, 0.1) is 13.7 Å². The molecule has 160 valence electrons. The fraction of sp³-hybridized carbons (Fsp3) is 0.609. The third kappa shape index (κ3) is 6.67. The second kappa shape index (κ2) is 10.0. The van der Waals surface area contributed by atoms with E-state index in [-0.39, 0.29) is 11.4 Å². The maximum Gasteiger partial charge on any atom is 0.379 e. The summed E-state index contributed by atoms with van der Waals surface area (Å²) in [5, 5.41) is 3.17. The Bertz CT molecular complexity index is 717. The quantitative estimate of drug-likeness (QED) is 0.411. The van der Waals surface area contributed by atoms with Crippen molar-refractivity contribution in [3.63, 3.8) is 0 Å². The first-order chi connectivity index (χ1) is 13.6. The first-order valence-electron chi connectivity index (χ1n) is 10.4. The Morgan fingerprint density at radius 2 is 1.69 bits per heavy atom. The van der Waals surface area contributed by atoms with E-state index in [1.54, 1.807) is 12.1 Å². The van der Waals surface area contributed by atoms with Crippen LogP contribution in [0, 0.1) is 0 Å². The van der Waals surface area contributed by atoms with Gasteiger partial charge >= 0.3 is 5.97 Å². The number of esters is 1. The summed E-state index contributed by atoms with van der Waals surface area (Å²) >= 11 is 0. The number of benzene rings is 1. The fourth-order valence-electron chi connectivity index (χ4n) is 3.92. The van der Waals surface area contributed by atoms with Gasteiger partial charge in [-0.3, -0.25) is 14.5 Å². The van der Waals surface area contributed by atoms with Gasteiger partial charge in [-0.1, -0.05) is 30.7 Å². The number of likely N-dealkylation sites (tertiary alicyclic amines) is 1. The van der Waals surface area contributed by atoms with Crippen LogP contribution in [-0.4, -0.2) is 53.8 Å². The van der Waals surface area contributed by atoms with E-state index in [2.05, 4.69) is 28.8 Å². The van der Waals surface area contributed by atoms with Crippen LogP contribution in [0.3, 0.4) is 0 Å². The van der Waals surface area contributed by atoms with E-state index >= 15 is 0 Å². The number of hydrogen-bond acceptors (Lipinski definition) is 5. The largest absolute Gasteiger partial charge is 0.463 e. The molecular formula is C23H34N2O4. The molecule has 1 saturated heterocycles. The van der Waals surface area contributed by atoms with Crippen molar-refractivity contribution in [3.8, 4) is 0 Å². The van der Waals surface area contributed by atoms with Crippen LogP contribution in [0.15, 0.2) is 24.3 Å². The number of amides is 1. The fourth-order valence-corrected chi connectivity index (χ4v) is 3.92. The van der Waals surface area contributed by atoms with Gasteiger partial charge in [0.2, 0.25) is 5.91 Å². The normalized spacial score (nSPS) is 20.2. The smallest absolute Gasteiger partial charge is 0.379 e. The van der Waals surface area contributed by atoms with Crippen LogP contribution in [0.2, 0.25) is 0 Å². The summed E-state index contributed by atoms with van der Waals surface area (Å²) in [4.78, 5) is 38.0. The SMILES string of the molecule is COC(=O)C(=O)c1ccc(CCC(C)(C)NC(=O)CN2C(C)CCCC2C)cc1. The number of carbonyl (C=O) groups is 3. The number of aryl methyl sites for hydroxylation is 1. The molecule has 29 heavy (non-hydrogen) atoms. The molecule has 2 atom stereocenters. The number of ketones is 1. The first-order valence-corrected chi connectivity index (χ1v) is 10.4. The highest BCUT2D eigenvalue weighted by Crippen LogP contribution is 2.22. The Labute approximate surface area is 174 Å². The highest BCUT2D eigenvalue weighted by Gasteiger charge is 2.28. The van der Waals surface area contributed by atoms with Crippen LogP contribution < -0.4 is 5.32 Å². The Hall–Kier alpha value is -2.21. The molecule has 0 aliphatic carbocycles. The summed E-state index contributed by atoms with van der Waals surface area (Å²) in [6.07, 6.45) is 5.06. The second-order valence-corrected chi connectivity index (χ2v) is 8.75. The zero-order valence-corrected chi connectivity index (χ0v) is 18.3. The van der Waals surface area contributed by atoms with E-state index in [1.165, 1.54) is 13.5 Å². The van der Waals surface area contributed by atoms with E-state index in [1.807, 2.05) is 26.0 Å². The molecule has 1 N–H and O–H groups in total. The minimum Gasteiger partial charge on any atom is -0.463 e. The lowest BCUT2D eigenvalue weighted by molar-refractivity contribution is -0.135. The van der Waals surface area contributed by atoms with Gasteiger partial charge in [0.25, 0.3) is 5.78 Å². The van der Waals surface area contributed by atoms with Crippen LogP contribution in [0.25, 0.3) is 0 Å². The van der Waals surface area contributed by atoms with Gasteiger partial charge in [-0.25, -0.2) is 4.79 Å². The molecule has 1 heterocycles. The van der Waals surface area contributed by atoms with Gasteiger partial charge in [-0.2, -0.15) is 0 Å². The molecule has 0 saturated carbocycles. The van der Waals surface area contributed by atoms with Crippen LogP contribution in [0.1, 0.15) is 69.3 Å². The number of methoxy groups -OCH3 is 1. The third-order valence-corrected chi connectivity index (χ3v) is 5.81. The van der Waals surface area contributed by atoms with Gasteiger partial charge in [0.1, 0.15) is 0 Å². The zero-order valence-electron chi connectivity index (χ0n) is 18.3. The lowest BCUT2D eigenvalue weighted by Gasteiger charge is -2.39. The molecule has 0 spiro atoms. The van der Waals surface area contributed by atoms with Crippen molar-refractivity contribution in [3.05, 3.63) is 35.4 Å². The van der Waals surface area contributed by atoms with Crippen molar-refractivity contribution in [1.29, 1.82) is 0 Å². The second-order valence-electron chi connectivity index (χ2n) is 8.75. The maximum absolute atomic E-state index is 12.6. The summed E-state index contributed by atoms with van der Waals surface area (Å²) in [6.45, 7) is 8.90. The monoisotopic (exact) mass is 402 g/mol. The number of piperidine rings is 1. The predicted molar refractivity (Wildman–Crippen MR) is 113 cm³/mol. The van der Waals surface area contributed by atoms with Crippen LogP contribution >= 0.6 is 0 Å². The van der Waals surface area contributed by atoms with Crippen molar-refractivity contribution in [2.24, 2.45) is 0 Å². The molecule has 1 fully saturated rings. The number of hydrogen-bond donors (Lipinski definition) is 1. The van der Waals surface area contributed by atoms with Crippen LogP contribution in [0.5, 0.6) is 0 Å². The van der Waals surface area contributed by atoms with Crippen molar-refractivity contribution in [2.75, 3.05) is 13.7 Å². The number of ether oxygens (including phenoxy) is 1. The summed E-state index contributed by atoms with van der Waals surface area (Å²) in [5.41, 5.74) is 1.03. The van der Waals surface area contributed by atoms with Crippen molar-refractivity contribution in [2.45, 2.75) is 77.4 Å². The van der Waals surface area contributed by atoms with E-state index in [0.29, 0.717) is 24.2 Å². The van der Waals surface area contributed by atoms with E-state index in [4.69, 9.17) is 0 Å². The van der Waals surface area contributed by atoms with Crippen molar-refractivity contribution in [1.82, 2.24) is 10.2 Å². The number of rotatable bonds is 8. The van der Waals surface area contributed by atoms with E-state index < -0.39 is 11.8 Å². The summed E-state index contributed by atoms with van der Waals surface area (Å²) in [7, 11) is 1.19. The van der Waals surface area contributed by atoms with Crippen LogP contribution in [-0.2, 0) is 20.7 Å². The summed E-state index contributed by atoms with van der Waals surface area (Å²) in [5.74, 6) is -1.44. The topological polar surface area (TPSA) is 75.7 Å². The van der Waals surface area contributed by atoms with Gasteiger partial charge < -0.3 is 10.1 Å². The lowest BCUT2D eigenvalue weighted by Crippen LogP contribution is -2.52.